The molecular formula is C15H22BrNS. The molecule has 100 valence electrons. The highest BCUT2D eigenvalue weighted by atomic mass is 79.9. The molecule has 1 fully saturated rings. The van der Waals surface area contributed by atoms with Crippen LogP contribution in [-0.2, 0) is 0 Å². The predicted molar refractivity (Wildman–Crippen MR) is 85.3 cm³/mol. The highest BCUT2D eigenvalue weighted by Gasteiger charge is 2.32. The Labute approximate surface area is 123 Å². The number of benzene rings is 1. The van der Waals surface area contributed by atoms with Gasteiger partial charge >= 0.3 is 0 Å². The summed E-state index contributed by atoms with van der Waals surface area (Å²) in [6.45, 7) is 3.38. The Hall–Kier alpha value is 0.01000. The second kappa shape index (κ2) is 6.44. The maximum absolute atomic E-state index is 3.72. The quantitative estimate of drug-likeness (QED) is 0.835. The van der Waals surface area contributed by atoms with E-state index in [-0.39, 0.29) is 0 Å². The largest absolute Gasteiger partial charge is 0.309 e. The zero-order valence-corrected chi connectivity index (χ0v) is 13.6. The summed E-state index contributed by atoms with van der Waals surface area (Å²) in [4.78, 5) is 0. The fourth-order valence-electron chi connectivity index (χ4n) is 2.71. The van der Waals surface area contributed by atoms with Gasteiger partial charge in [0.2, 0.25) is 0 Å². The molecule has 0 heterocycles. The van der Waals surface area contributed by atoms with E-state index in [1.807, 2.05) is 11.8 Å². The summed E-state index contributed by atoms with van der Waals surface area (Å²) in [7, 11) is 0. The number of thioether (sulfide) groups is 1. The average molecular weight is 328 g/mol. The van der Waals surface area contributed by atoms with Crippen molar-refractivity contribution < 1.29 is 0 Å². The first kappa shape index (κ1) is 14.4. The van der Waals surface area contributed by atoms with Crippen LogP contribution >= 0.6 is 27.7 Å². The minimum Gasteiger partial charge on any atom is -0.309 e. The van der Waals surface area contributed by atoms with E-state index >= 15 is 0 Å². The zero-order chi connectivity index (χ0) is 13.0. The van der Waals surface area contributed by atoms with Crippen LogP contribution in [0.2, 0.25) is 0 Å². The van der Waals surface area contributed by atoms with Crippen LogP contribution in [0.25, 0.3) is 0 Å². The van der Waals surface area contributed by atoms with Gasteiger partial charge in [-0.2, -0.15) is 11.8 Å². The van der Waals surface area contributed by atoms with E-state index < -0.39 is 0 Å². The smallest absolute Gasteiger partial charge is 0.0292 e. The van der Waals surface area contributed by atoms with Crippen LogP contribution in [0.5, 0.6) is 0 Å². The number of halogens is 1. The molecule has 18 heavy (non-hydrogen) atoms. The van der Waals surface area contributed by atoms with Crippen molar-refractivity contribution in [1.29, 1.82) is 0 Å². The summed E-state index contributed by atoms with van der Waals surface area (Å²) >= 11 is 5.59. The zero-order valence-electron chi connectivity index (χ0n) is 11.2. The molecule has 1 N–H and O–H groups in total. The standard InChI is InChI=1S/C15H22BrNS/c1-12(13-6-5-7-14(16)10-13)17-11-15(18-2)8-3-4-9-15/h5-7,10,12,17H,3-4,8-9,11H2,1-2H3. The van der Waals surface area contributed by atoms with Gasteiger partial charge in [0.05, 0.1) is 0 Å². The highest BCUT2D eigenvalue weighted by molar-refractivity contribution is 9.10. The van der Waals surface area contributed by atoms with Gasteiger partial charge in [-0.25, -0.2) is 0 Å². The van der Waals surface area contributed by atoms with E-state index in [2.05, 4.69) is 58.7 Å². The molecule has 0 amide bonds. The second-order valence-electron chi connectivity index (χ2n) is 5.25. The molecule has 1 aliphatic rings. The summed E-state index contributed by atoms with van der Waals surface area (Å²) in [5.74, 6) is 0. The molecule has 1 aliphatic carbocycles. The van der Waals surface area contributed by atoms with Crippen molar-refractivity contribution in [3.63, 3.8) is 0 Å². The lowest BCUT2D eigenvalue weighted by molar-refractivity contribution is 0.486. The molecule has 1 aromatic carbocycles. The van der Waals surface area contributed by atoms with Crippen LogP contribution in [0.3, 0.4) is 0 Å². The molecule has 0 radical (unpaired) electrons. The molecule has 0 aliphatic heterocycles. The Bertz CT molecular complexity index is 388. The molecule has 1 aromatic rings. The van der Waals surface area contributed by atoms with Crippen molar-refractivity contribution >= 4 is 27.7 Å². The summed E-state index contributed by atoms with van der Waals surface area (Å²) in [5.41, 5.74) is 1.36. The number of hydrogen-bond acceptors (Lipinski definition) is 2. The lowest BCUT2D eigenvalue weighted by Gasteiger charge is -2.29. The Balaban J connectivity index is 1.93. The van der Waals surface area contributed by atoms with Crippen molar-refractivity contribution in [2.45, 2.75) is 43.4 Å². The number of hydrogen-bond donors (Lipinski definition) is 1. The lowest BCUT2D eigenvalue weighted by Crippen LogP contribution is -2.36. The maximum atomic E-state index is 3.72. The van der Waals surface area contributed by atoms with Gasteiger partial charge in [-0.3, -0.25) is 0 Å². The predicted octanol–water partition coefficient (Wildman–Crippen LogP) is 4.78. The first-order valence-electron chi connectivity index (χ1n) is 6.69. The van der Waals surface area contributed by atoms with E-state index in [0.717, 1.165) is 11.0 Å². The molecule has 1 saturated carbocycles. The van der Waals surface area contributed by atoms with Crippen LogP contribution in [0.1, 0.15) is 44.2 Å². The van der Waals surface area contributed by atoms with E-state index in [1.165, 1.54) is 31.2 Å². The lowest BCUT2D eigenvalue weighted by atomic mass is 10.0. The first-order valence-corrected chi connectivity index (χ1v) is 8.71. The van der Waals surface area contributed by atoms with Gasteiger partial charge in [0.25, 0.3) is 0 Å². The highest BCUT2D eigenvalue weighted by Crippen LogP contribution is 2.40. The van der Waals surface area contributed by atoms with Crippen molar-refractivity contribution in [3.05, 3.63) is 34.3 Å². The van der Waals surface area contributed by atoms with Gasteiger partial charge < -0.3 is 5.32 Å². The Kier molecular flexibility index (Phi) is 5.16. The van der Waals surface area contributed by atoms with Crippen LogP contribution in [0.15, 0.2) is 28.7 Å². The van der Waals surface area contributed by atoms with E-state index in [1.54, 1.807) is 0 Å². The number of rotatable bonds is 5. The number of nitrogens with one attached hydrogen (secondary N) is 1. The SMILES string of the molecule is CSC1(CNC(C)c2cccc(Br)c2)CCCC1. The van der Waals surface area contributed by atoms with E-state index in [4.69, 9.17) is 0 Å². The summed E-state index contributed by atoms with van der Waals surface area (Å²) < 4.78 is 1.65. The minimum atomic E-state index is 0.423. The van der Waals surface area contributed by atoms with E-state index in [9.17, 15) is 0 Å². The van der Waals surface area contributed by atoms with Crippen molar-refractivity contribution in [3.8, 4) is 0 Å². The maximum Gasteiger partial charge on any atom is 0.0292 e. The molecule has 0 aromatic heterocycles. The normalized spacial score (nSPS) is 19.9. The topological polar surface area (TPSA) is 12.0 Å². The molecule has 3 heteroatoms. The Morgan fingerprint density at radius 2 is 2.11 bits per heavy atom. The van der Waals surface area contributed by atoms with Crippen LogP contribution in [0, 0.1) is 0 Å². The molecule has 1 unspecified atom stereocenters. The van der Waals surface area contributed by atoms with Gasteiger partial charge in [-0.1, -0.05) is 40.9 Å². The van der Waals surface area contributed by atoms with E-state index in [0.29, 0.717) is 10.8 Å². The molecule has 0 saturated heterocycles. The summed E-state index contributed by atoms with van der Waals surface area (Å²) in [5, 5.41) is 3.72. The van der Waals surface area contributed by atoms with Crippen LogP contribution < -0.4 is 5.32 Å². The summed E-state index contributed by atoms with van der Waals surface area (Å²) in [6, 6.07) is 9.02. The van der Waals surface area contributed by atoms with Crippen molar-refractivity contribution in [2.24, 2.45) is 0 Å². The molecule has 2 rings (SSSR count). The van der Waals surface area contributed by atoms with Gasteiger partial charge in [-0.05, 0) is 43.7 Å². The first-order chi connectivity index (χ1) is 8.65. The fourth-order valence-corrected chi connectivity index (χ4v) is 4.05. The summed E-state index contributed by atoms with van der Waals surface area (Å²) in [6.07, 6.45) is 7.79. The third-order valence-electron chi connectivity index (χ3n) is 4.03. The fraction of sp³-hybridized carbons (Fsp3) is 0.600. The monoisotopic (exact) mass is 327 g/mol. The molecular weight excluding hydrogens is 306 g/mol. The van der Waals surface area contributed by atoms with Gasteiger partial charge in [0, 0.05) is 21.8 Å². The van der Waals surface area contributed by atoms with Gasteiger partial charge in [-0.15, -0.1) is 0 Å². The average Bonchev–Trinajstić information content (AvgIpc) is 2.85. The van der Waals surface area contributed by atoms with Crippen LogP contribution in [0.4, 0.5) is 0 Å². The third-order valence-corrected chi connectivity index (χ3v) is 5.94. The van der Waals surface area contributed by atoms with Gasteiger partial charge in [0.15, 0.2) is 0 Å². The Morgan fingerprint density at radius 1 is 1.39 bits per heavy atom. The van der Waals surface area contributed by atoms with Crippen molar-refractivity contribution in [1.82, 2.24) is 5.32 Å². The molecule has 1 nitrogen and oxygen atoms in total. The van der Waals surface area contributed by atoms with Gasteiger partial charge in [0.1, 0.15) is 0 Å². The molecule has 0 spiro atoms. The second-order valence-corrected chi connectivity index (χ2v) is 7.44. The third kappa shape index (κ3) is 3.52. The minimum absolute atomic E-state index is 0.423. The van der Waals surface area contributed by atoms with Crippen molar-refractivity contribution in [2.75, 3.05) is 12.8 Å². The molecule has 0 bridgehead atoms. The molecule has 1 atom stereocenters. The Morgan fingerprint density at radius 3 is 2.72 bits per heavy atom. The van der Waals surface area contributed by atoms with Crippen LogP contribution in [-0.4, -0.2) is 17.5 Å².